The third kappa shape index (κ3) is 3.04. The lowest BCUT2D eigenvalue weighted by molar-refractivity contribution is 0.0692. The normalized spacial score (nSPS) is 10.5. The van der Waals surface area contributed by atoms with E-state index in [0.717, 1.165) is 0 Å². The number of carboxylic acid groups (broad SMARTS) is 1. The summed E-state index contributed by atoms with van der Waals surface area (Å²) < 4.78 is 26.4. The number of aromatic carboxylic acids is 1. The maximum absolute atomic E-state index is 13.3. The monoisotopic (exact) mass is 330 g/mol. The Bertz CT molecular complexity index is 760. The zero-order valence-corrected chi connectivity index (χ0v) is 11.7. The first-order valence-corrected chi connectivity index (χ1v) is 6.29. The number of rotatable bonds is 3. The molecule has 0 saturated heterocycles. The highest BCUT2D eigenvalue weighted by atomic mass is 35.5. The average molecular weight is 331 g/mol. The van der Waals surface area contributed by atoms with Crippen LogP contribution in [0.1, 0.15) is 26.3 Å². The Morgan fingerprint density at radius 2 is 1.48 bits per heavy atom. The van der Waals surface area contributed by atoms with Crippen LogP contribution in [0.25, 0.3) is 0 Å². The van der Waals surface area contributed by atoms with E-state index < -0.39 is 34.5 Å². The lowest BCUT2D eigenvalue weighted by Crippen LogP contribution is -2.12. The fraction of sp³-hybridized carbons (Fsp3) is 0. The standard InChI is InChI=1S/C14H6Cl2F2O3/c15-6-1-2-7(10(16)3-6)13(19)8-4-11(17)12(18)5-9(8)14(20)21/h1-5H,(H,20,21). The number of hydrogen-bond acceptors (Lipinski definition) is 2. The molecule has 0 fully saturated rings. The molecular weight excluding hydrogens is 325 g/mol. The molecule has 0 unspecified atom stereocenters. The maximum atomic E-state index is 13.3. The zero-order valence-electron chi connectivity index (χ0n) is 10.2. The van der Waals surface area contributed by atoms with Crippen LogP contribution in [0.2, 0.25) is 10.0 Å². The summed E-state index contributed by atoms with van der Waals surface area (Å²) in [5, 5.41) is 9.25. The molecule has 0 saturated carbocycles. The van der Waals surface area contributed by atoms with Crippen LogP contribution in [0, 0.1) is 11.6 Å². The predicted molar refractivity (Wildman–Crippen MR) is 73.2 cm³/mol. The molecule has 108 valence electrons. The molecule has 7 heteroatoms. The molecule has 0 aromatic heterocycles. The molecule has 0 spiro atoms. The highest BCUT2D eigenvalue weighted by molar-refractivity contribution is 6.37. The summed E-state index contributed by atoms with van der Waals surface area (Å²) in [7, 11) is 0. The first-order valence-electron chi connectivity index (χ1n) is 5.53. The first-order chi connectivity index (χ1) is 9.81. The molecule has 3 nitrogen and oxygen atoms in total. The average Bonchev–Trinajstić information content (AvgIpc) is 2.40. The summed E-state index contributed by atoms with van der Waals surface area (Å²) in [5.74, 6) is -5.07. The van der Waals surface area contributed by atoms with Gasteiger partial charge in [-0.3, -0.25) is 4.79 Å². The van der Waals surface area contributed by atoms with E-state index in [9.17, 15) is 18.4 Å². The van der Waals surface area contributed by atoms with Gasteiger partial charge in [0.05, 0.1) is 10.6 Å². The van der Waals surface area contributed by atoms with E-state index in [1.165, 1.54) is 18.2 Å². The molecule has 2 rings (SSSR count). The van der Waals surface area contributed by atoms with Crippen molar-refractivity contribution in [2.75, 3.05) is 0 Å². The van der Waals surface area contributed by atoms with E-state index in [2.05, 4.69) is 0 Å². The molecule has 0 radical (unpaired) electrons. The van der Waals surface area contributed by atoms with Crippen molar-refractivity contribution >= 4 is 35.0 Å². The highest BCUT2D eigenvalue weighted by Crippen LogP contribution is 2.25. The second kappa shape index (κ2) is 5.79. The second-order valence-electron chi connectivity index (χ2n) is 4.07. The summed E-state index contributed by atoms with van der Waals surface area (Å²) in [6, 6.07) is 4.93. The van der Waals surface area contributed by atoms with Gasteiger partial charge in [0, 0.05) is 16.1 Å². The Morgan fingerprint density at radius 1 is 0.905 bits per heavy atom. The third-order valence-corrected chi connectivity index (χ3v) is 3.26. The molecule has 2 aromatic rings. The number of halogens is 4. The van der Waals surface area contributed by atoms with Crippen molar-refractivity contribution in [2.45, 2.75) is 0 Å². The van der Waals surface area contributed by atoms with Crippen molar-refractivity contribution in [3.8, 4) is 0 Å². The maximum Gasteiger partial charge on any atom is 0.336 e. The van der Waals surface area contributed by atoms with Gasteiger partial charge in [-0.25, -0.2) is 13.6 Å². The zero-order chi connectivity index (χ0) is 15.7. The lowest BCUT2D eigenvalue weighted by atomic mass is 9.98. The molecule has 0 bridgehead atoms. The molecule has 0 aliphatic carbocycles. The van der Waals surface area contributed by atoms with Crippen LogP contribution in [-0.2, 0) is 0 Å². The molecule has 2 aromatic carbocycles. The van der Waals surface area contributed by atoms with E-state index in [0.29, 0.717) is 12.1 Å². The van der Waals surface area contributed by atoms with Gasteiger partial charge in [-0.05, 0) is 30.3 Å². The quantitative estimate of drug-likeness (QED) is 0.858. The van der Waals surface area contributed by atoms with E-state index in [1.54, 1.807) is 0 Å². The Morgan fingerprint density at radius 3 is 2.00 bits per heavy atom. The van der Waals surface area contributed by atoms with Gasteiger partial charge in [0.2, 0.25) is 0 Å². The molecule has 21 heavy (non-hydrogen) atoms. The van der Waals surface area contributed by atoms with Crippen molar-refractivity contribution in [1.82, 2.24) is 0 Å². The Balaban J connectivity index is 2.62. The van der Waals surface area contributed by atoms with Gasteiger partial charge in [0.1, 0.15) is 0 Å². The Hall–Kier alpha value is -1.98. The van der Waals surface area contributed by atoms with Crippen molar-refractivity contribution in [1.29, 1.82) is 0 Å². The number of carbonyl (C=O) groups excluding carboxylic acids is 1. The SMILES string of the molecule is O=C(O)c1cc(F)c(F)cc1C(=O)c1ccc(Cl)cc1Cl. The summed E-state index contributed by atoms with van der Waals surface area (Å²) in [6.45, 7) is 0. The van der Waals surface area contributed by atoms with Crippen LogP contribution in [0.4, 0.5) is 8.78 Å². The number of carbonyl (C=O) groups is 2. The van der Waals surface area contributed by atoms with Crippen LogP contribution in [0.15, 0.2) is 30.3 Å². The van der Waals surface area contributed by atoms with Crippen molar-refractivity contribution < 1.29 is 23.5 Å². The van der Waals surface area contributed by atoms with E-state index in [1.807, 2.05) is 0 Å². The van der Waals surface area contributed by atoms with Gasteiger partial charge in [0.15, 0.2) is 17.4 Å². The Labute approximate surface area is 127 Å². The minimum atomic E-state index is -1.55. The third-order valence-electron chi connectivity index (χ3n) is 2.71. The van der Waals surface area contributed by atoms with Crippen LogP contribution >= 0.6 is 23.2 Å². The van der Waals surface area contributed by atoms with Gasteiger partial charge in [0.25, 0.3) is 0 Å². The largest absolute Gasteiger partial charge is 0.478 e. The van der Waals surface area contributed by atoms with Crippen molar-refractivity contribution in [2.24, 2.45) is 0 Å². The van der Waals surface area contributed by atoms with Crippen molar-refractivity contribution in [3.05, 3.63) is 68.7 Å². The molecule has 0 amide bonds. The van der Waals surface area contributed by atoms with Crippen LogP contribution in [0.3, 0.4) is 0 Å². The van der Waals surface area contributed by atoms with Crippen LogP contribution in [-0.4, -0.2) is 16.9 Å². The minimum Gasteiger partial charge on any atom is -0.478 e. The predicted octanol–water partition coefficient (Wildman–Crippen LogP) is 4.20. The topological polar surface area (TPSA) is 54.4 Å². The molecule has 0 atom stereocenters. The van der Waals surface area contributed by atoms with Crippen LogP contribution in [0.5, 0.6) is 0 Å². The number of carboxylic acids is 1. The van der Waals surface area contributed by atoms with E-state index >= 15 is 0 Å². The van der Waals surface area contributed by atoms with E-state index in [4.69, 9.17) is 28.3 Å². The fourth-order valence-corrected chi connectivity index (χ4v) is 2.22. The molecule has 0 aliphatic heterocycles. The molecular formula is C14H6Cl2F2O3. The van der Waals surface area contributed by atoms with Gasteiger partial charge >= 0.3 is 5.97 Å². The van der Waals surface area contributed by atoms with Gasteiger partial charge < -0.3 is 5.11 Å². The Kier molecular flexibility index (Phi) is 4.25. The lowest BCUT2D eigenvalue weighted by Gasteiger charge is -2.08. The van der Waals surface area contributed by atoms with Gasteiger partial charge in [-0.1, -0.05) is 23.2 Å². The van der Waals surface area contributed by atoms with Crippen molar-refractivity contribution in [3.63, 3.8) is 0 Å². The summed E-state index contributed by atoms with van der Waals surface area (Å²) in [6.07, 6.45) is 0. The van der Waals surface area contributed by atoms with Crippen LogP contribution < -0.4 is 0 Å². The molecule has 1 N–H and O–H groups in total. The number of ketones is 1. The summed E-state index contributed by atoms with van der Waals surface area (Å²) >= 11 is 11.6. The fourth-order valence-electron chi connectivity index (χ4n) is 1.73. The highest BCUT2D eigenvalue weighted by Gasteiger charge is 2.23. The summed E-state index contributed by atoms with van der Waals surface area (Å²) in [5.41, 5.74) is -1.20. The van der Waals surface area contributed by atoms with Gasteiger partial charge in [-0.2, -0.15) is 0 Å². The minimum absolute atomic E-state index is 0.0198. The number of hydrogen-bond donors (Lipinski definition) is 1. The first kappa shape index (κ1) is 15.4. The molecule has 0 aliphatic rings. The molecule has 0 heterocycles. The number of benzene rings is 2. The summed E-state index contributed by atoms with van der Waals surface area (Å²) in [4.78, 5) is 23.4. The second-order valence-corrected chi connectivity index (χ2v) is 4.91. The van der Waals surface area contributed by atoms with Gasteiger partial charge in [-0.15, -0.1) is 0 Å². The smallest absolute Gasteiger partial charge is 0.336 e. The van der Waals surface area contributed by atoms with E-state index in [-0.39, 0.29) is 15.6 Å².